The number of nitrogens with one attached hydrogen (secondary N) is 1. The van der Waals surface area contributed by atoms with Crippen molar-refractivity contribution in [3.63, 3.8) is 0 Å². The molecule has 1 aromatic carbocycles. The predicted molar refractivity (Wildman–Crippen MR) is 76.0 cm³/mol. The zero-order valence-corrected chi connectivity index (χ0v) is 11.7. The normalized spacial score (nSPS) is 26.9. The summed E-state index contributed by atoms with van der Waals surface area (Å²) in [6.07, 6.45) is 2.64. The third-order valence-corrected chi connectivity index (χ3v) is 4.60. The van der Waals surface area contributed by atoms with Crippen molar-refractivity contribution < 1.29 is 0 Å². The number of fused-ring (bicyclic) bond motifs is 1. The summed E-state index contributed by atoms with van der Waals surface area (Å²) >= 11 is 6.25. The van der Waals surface area contributed by atoms with Crippen LogP contribution in [0, 0.1) is 17.2 Å². The molecule has 0 saturated carbocycles. The van der Waals surface area contributed by atoms with Gasteiger partial charge in [0.1, 0.15) is 0 Å². The third-order valence-electron chi connectivity index (χ3n) is 4.25. The van der Waals surface area contributed by atoms with Crippen LogP contribution in [-0.2, 0) is 6.54 Å². The van der Waals surface area contributed by atoms with Crippen LogP contribution in [0.15, 0.2) is 18.2 Å². The Labute approximate surface area is 119 Å². The van der Waals surface area contributed by atoms with E-state index in [1.54, 1.807) is 6.07 Å². The van der Waals surface area contributed by atoms with Crippen molar-refractivity contribution >= 4 is 11.6 Å². The Morgan fingerprint density at radius 1 is 1.42 bits per heavy atom. The quantitative estimate of drug-likeness (QED) is 0.901. The number of halogens is 1. The maximum absolute atomic E-state index is 8.85. The van der Waals surface area contributed by atoms with Gasteiger partial charge in [-0.2, -0.15) is 5.26 Å². The lowest BCUT2D eigenvalue weighted by Crippen LogP contribution is -2.40. The maximum Gasteiger partial charge on any atom is 0.0992 e. The second-order valence-electron chi connectivity index (χ2n) is 5.58. The molecule has 0 radical (unpaired) electrons. The van der Waals surface area contributed by atoms with Crippen LogP contribution in [-0.4, -0.2) is 30.6 Å². The Kier molecular flexibility index (Phi) is 3.74. The number of hydrogen-bond acceptors (Lipinski definition) is 3. The molecule has 0 bridgehead atoms. The van der Waals surface area contributed by atoms with Crippen LogP contribution in [0.2, 0.25) is 5.02 Å². The third kappa shape index (κ3) is 2.76. The molecule has 3 nitrogen and oxygen atoms in total. The molecule has 2 saturated heterocycles. The summed E-state index contributed by atoms with van der Waals surface area (Å²) in [6, 6.07) is 8.37. The number of nitriles is 1. The van der Waals surface area contributed by atoms with Gasteiger partial charge in [0.25, 0.3) is 0 Å². The van der Waals surface area contributed by atoms with E-state index in [9.17, 15) is 0 Å². The SMILES string of the molecule is N#Cc1ccc(CN2C[C@@H]3CCCN[C@@H]3C2)c(Cl)c1. The first kappa shape index (κ1) is 12.9. The molecule has 100 valence electrons. The molecule has 0 spiro atoms. The topological polar surface area (TPSA) is 39.1 Å². The van der Waals surface area contributed by atoms with E-state index in [4.69, 9.17) is 16.9 Å². The average molecular weight is 276 g/mol. The van der Waals surface area contributed by atoms with Crippen molar-refractivity contribution in [1.29, 1.82) is 5.26 Å². The Morgan fingerprint density at radius 2 is 2.32 bits per heavy atom. The molecule has 19 heavy (non-hydrogen) atoms. The average Bonchev–Trinajstić information content (AvgIpc) is 2.83. The highest BCUT2D eigenvalue weighted by atomic mass is 35.5. The molecule has 0 aromatic heterocycles. The zero-order chi connectivity index (χ0) is 13.2. The van der Waals surface area contributed by atoms with Crippen LogP contribution in [0.1, 0.15) is 24.0 Å². The summed E-state index contributed by atoms with van der Waals surface area (Å²) in [6.45, 7) is 4.32. The second-order valence-corrected chi connectivity index (χ2v) is 5.98. The monoisotopic (exact) mass is 275 g/mol. The van der Waals surface area contributed by atoms with E-state index in [1.807, 2.05) is 12.1 Å². The summed E-state index contributed by atoms with van der Waals surface area (Å²) in [5, 5.41) is 13.2. The van der Waals surface area contributed by atoms with Gasteiger partial charge in [-0.1, -0.05) is 17.7 Å². The van der Waals surface area contributed by atoms with Gasteiger partial charge in [0, 0.05) is 30.7 Å². The first-order valence-electron chi connectivity index (χ1n) is 6.90. The van der Waals surface area contributed by atoms with E-state index in [0.717, 1.165) is 37.7 Å². The van der Waals surface area contributed by atoms with Gasteiger partial charge in [0.05, 0.1) is 11.6 Å². The lowest BCUT2D eigenvalue weighted by atomic mass is 9.94. The van der Waals surface area contributed by atoms with Crippen LogP contribution in [0.5, 0.6) is 0 Å². The zero-order valence-electron chi connectivity index (χ0n) is 10.9. The predicted octanol–water partition coefficient (Wildman–Crippen LogP) is 2.40. The summed E-state index contributed by atoms with van der Waals surface area (Å²) < 4.78 is 0. The highest BCUT2D eigenvalue weighted by molar-refractivity contribution is 6.31. The number of likely N-dealkylation sites (tertiary alicyclic amines) is 1. The largest absolute Gasteiger partial charge is 0.312 e. The Balaban J connectivity index is 1.67. The molecule has 0 aliphatic carbocycles. The molecule has 4 heteroatoms. The van der Waals surface area contributed by atoms with Crippen LogP contribution in [0.25, 0.3) is 0 Å². The number of piperidine rings is 1. The van der Waals surface area contributed by atoms with Crippen molar-refractivity contribution in [3.8, 4) is 6.07 Å². The lowest BCUT2D eigenvalue weighted by molar-refractivity contribution is 0.313. The minimum Gasteiger partial charge on any atom is -0.312 e. The van der Waals surface area contributed by atoms with Gasteiger partial charge in [-0.3, -0.25) is 4.90 Å². The fourth-order valence-corrected chi connectivity index (χ4v) is 3.49. The Hall–Kier alpha value is -1.08. The minimum absolute atomic E-state index is 0.630. The highest BCUT2D eigenvalue weighted by Gasteiger charge is 2.34. The van der Waals surface area contributed by atoms with E-state index >= 15 is 0 Å². The summed E-state index contributed by atoms with van der Waals surface area (Å²) in [7, 11) is 0. The van der Waals surface area contributed by atoms with Gasteiger partial charge in [-0.25, -0.2) is 0 Å². The fraction of sp³-hybridized carbons (Fsp3) is 0.533. The lowest BCUT2D eigenvalue weighted by Gasteiger charge is -2.24. The van der Waals surface area contributed by atoms with E-state index in [-0.39, 0.29) is 0 Å². The smallest absolute Gasteiger partial charge is 0.0992 e. The Morgan fingerprint density at radius 3 is 3.05 bits per heavy atom. The van der Waals surface area contributed by atoms with E-state index in [2.05, 4.69) is 16.3 Å². The Bertz CT molecular complexity index is 495. The molecule has 0 unspecified atom stereocenters. The van der Waals surface area contributed by atoms with Crippen molar-refractivity contribution in [2.24, 2.45) is 5.92 Å². The van der Waals surface area contributed by atoms with Crippen molar-refractivity contribution in [2.75, 3.05) is 19.6 Å². The summed E-state index contributed by atoms with van der Waals surface area (Å²) in [5.74, 6) is 0.797. The molecule has 2 aliphatic heterocycles. The fourth-order valence-electron chi connectivity index (χ4n) is 3.25. The van der Waals surface area contributed by atoms with Gasteiger partial charge < -0.3 is 5.32 Å². The van der Waals surface area contributed by atoms with Crippen molar-refractivity contribution in [3.05, 3.63) is 34.3 Å². The van der Waals surface area contributed by atoms with Gasteiger partial charge in [0.2, 0.25) is 0 Å². The standard InChI is InChI=1S/C15H18ClN3/c16-14-6-11(7-17)3-4-12(14)8-19-9-13-2-1-5-18-15(13)10-19/h3-4,6,13,15,18H,1-2,5,8-10H2/t13-,15+/m0/s1. The molecule has 0 amide bonds. The molecule has 2 heterocycles. The summed E-state index contributed by atoms with van der Waals surface area (Å²) in [5.41, 5.74) is 1.75. The molecule has 3 rings (SSSR count). The molecule has 1 N–H and O–H groups in total. The highest BCUT2D eigenvalue weighted by Crippen LogP contribution is 2.27. The van der Waals surface area contributed by atoms with Crippen LogP contribution < -0.4 is 5.32 Å². The van der Waals surface area contributed by atoms with Gasteiger partial charge in [-0.05, 0) is 43.0 Å². The number of nitrogens with zero attached hydrogens (tertiary/aromatic N) is 2. The number of benzene rings is 1. The van der Waals surface area contributed by atoms with Crippen molar-refractivity contribution in [2.45, 2.75) is 25.4 Å². The first-order valence-corrected chi connectivity index (χ1v) is 7.28. The van der Waals surface area contributed by atoms with Gasteiger partial charge >= 0.3 is 0 Å². The molecular formula is C15H18ClN3. The second kappa shape index (κ2) is 5.50. The molecule has 2 atom stereocenters. The van der Waals surface area contributed by atoms with Crippen molar-refractivity contribution in [1.82, 2.24) is 10.2 Å². The molecule has 2 fully saturated rings. The molecular weight excluding hydrogens is 258 g/mol. The maximum atomic E-state index is 8.85. The van der Waals surface area contributed by atoms with Crippen LogP contribution >= 0.6 is 11.6 Å². The van der Waals surface area contributed by atoms with Crippen LogP contribution in [0.4, 0.5) is 0 Å². The molecule has 1 aromatic rings. The minimum atomic E-state index is 0.630. The molecule has 2 aliphatic rings. The first-order chi connectivity index (χ1) is 9.26. The van der Waals surface area contributed by atoms with E-state index < -0.39 is 0 Å². The number of rotatable bonds is 2. The van der Waals surface area contributed by atoms with Gasteiger partial charge in [-0.15, -0.1) is 0 Å². The number of hydrogen-bond donors (Lipinski definition) is 1. The van der Waals surface area contributed by atoms with E-state index in [1.165, 1.54) is 12.8 Å². The van der Waals surface area contributed by atoms with E-state index in [0.29, 0.717) is 16.6 Å². The van der Waals surface area contributed by atoms with Gasteiger partial charge in [0.15, 0.2) is 0 Å². The summed E-state index contributed by atoms with van der Waals surface area (Å²) in [4.78, 5) is 2.47. The van der Waals surface area contributed by atoms with Crippen LogP contribution in [0.3, 0.4) is 0 Å².